The first-order valence-electron chi connectivity index (χ1n) is 17.5. The number of carbonyl (C=O) groups is 3. The van der Waals surface area contributed by atoms with Crippen molar-refractivity contribution in [3.05, 3.63) is 51.6 Å². The quantitative estimate of drug-likeness (QED) is 0.184. The van der Waals surface area contributed by atoms with E-state index in [0.717, 1.165) is 0 Å². The predicted octanol–water partition coefficient (Wildman–Crippen LogP) is 1.81. The molecule has 7 rings (SSSR count). The monoisotopic (exact) mass is 724 g/mol. The third-order valence-corrected chi connectivity index (χ3v) is 10.9. The third kappa shape index (κ3) is 5.83. The molecule has 0 spiro atoms. The maximum Gasteiger partial charge on any atom is 0.202 e. The van der Waals surface area contributed by atoms with E-state index in [-0.39, 0.29) is 70.5 Å². The number of benzene rings is 2. The molecule has 0 amide bonds. The molecule has 2 aliphatic carbocycles. The Hall–Kier alpha value is -3.80. The Kier molecular flexibility index (Phi) is 9.76. The minimum Gasteiger partial charge on any atom is -0.507 e. The van der Waals surface area contributed by atoms with Crippen LogP contribution < -0.4 is 4.74 Å². The highest BCUT2D eigenvalue weighted by Gasteiger charge is 2.55. The molecule has 3 fully saturated rings. The van der Waals surface area contributed by atoms with Crippen LogP contribution in [0.25, 0.3) is 0 Å². The largest absolute Gasteiger partial charge is 0.507 e. The highest BCUT2D eigenvalue weighted by Crippen LogP contribution is 2.53. The van der Waals surface area contributed by atoms with Crippen molar-refractivity contribution in [2.45, 2.75) is 88.8 Å². The van der Waals surface area contributed by atoms with Gasteiger partial charge in [0, 0.05) is 61.6 Å². The molecule has 280 valence electrons. The number of phenolic OH excluding ortho intramolecular Hbond substituents is 2. The Morgan fingerprint density at radius 3 is 2.54 bits per heavy atom. The molecule has 3 saturated heterocycles. The maximum absolute atomic E-state index is 14.1. The summed E-state index contributed by atoms with van der Waals surface area (Å²) in [6.07, 6.45) is -4.50. The lowest BCUT2D eigenvalue weighted by Gasteiger charge is -2.44. The lowest BCUT2D eigenvalue weighted by molar-refractivity contribution is -0.255. The van der Waals surface area contributed by atoms with E-state index in [9.17, 15) is 34.8 Å². The smallest absolute Gasteiger partial charge is 0.202 e. The first kappa shape index (κ1) is 36.6. The lowest BCUT2D eigenvalue weighted by Crippen LogP contribution is -2.55. The van der Waals surface area contributed by atoms with E-state index in [1.54, 1.807) is 21.0 Å². The van der Waals surface area contributed by atoms with Gasteiger partial charge in [-0.05, 0) is 13.0 Å². The number of nitrogens with zero attached hydrogens (tertiary/aromatic N) is 2. The summed E-state index contributed by atoms with van der Waals surface area (Å²) >= 11 is 0. The SMILES string of the molecule is COc1cccc2c1C(=O)c1c(O)c3c(c(O)c1C2=O)C[C@@](O)(C(CO)=NCC(=O)C(C)C)C[C@@H]3OC1C[C@H]2[C@H](O[C@@H]3[C@@H](OC)OCCN32)[C@H](C)O1. The molecular weight excluding hydrogens is 680 g/mol. The number of fused-ring (bicyclic) bond motifs is 6. The van der Waals surface area contributed by atoms with Gasteiger partial charge in [0.25, 0.3) is 0 Å². The molecule has 2 aromatic rings. The number of ketones is 3. The van der Waals surface area contributed by atoms with Gasteiger partial charge in [0.05, 0.1) is 61.5 Å². The molecular formula is C37H44N2O13. The first-order valence-corrected chi connectivity index (χ1v) is 17.5. The number of morpholine rings is 1. The van der Waals surface area contributed by atoms with Gasteiger partial charge in [-0.15, -0.1) is 0 Å². The molecule has 52 heavy (non-hydrogen) atoms. The molecule has 15 heteroatoms. The average molecular weight is 725 g/mol. The minimum atomic E-state index is -2.01. The maximum atomic E-state index is 14.1. The van der Waals surface area contributed by atoms with E-state index in [2.05, 4.69) is 9.89 Å². The van der Waals surface area contributed by atoms with Gasteiger partial charge in [0.2, 0.25) is 5.78 Å². The fourth-order valence-corrected chi connectivity index (χ4v) is 8.25. The van der Waals surface area contributed by atoms with Crippen LogP contribution in [0.5, 0.6) is 17.2 Å². The van der Waals surface area contributed by atoms with Crippen LogP contribution >= 0.6 is 0 Å². The molecule has 0 bridgehead atoms. The Morgan fingerprint density at radius 2 is 1.85 bits per heavy atom. The van der Waals surface area contributed by atoms with Crippen molar-refractivity contribution in [1.82, 2.24) is 4.90 Å². The number of ether oxygens (including phenoxy) is 6. The number of aliphatic hydroxyl groups excluding tert-OH is 1. The van der Waals surface area contributed by atoms with Crippen molar-refractivity contribution < 1.29 is 63.2 Å². The molecule has 0 saturated carbocycles. The van der Waals surface area contributed by atoms with Crippen molar-refractivity contribution in [1.29, 1.82) is 0 Å². The summed E-state index contributed by atoms with van der Waals surface area (Å²) < 4.78 is 35.9. The van der Waals surface area contributed by atoms with Crippen molar-refractivity contribution in [3.63, 3.8) is 0 Å². The van der Waals surface area contributed by atoms with E-state index in [0.29, 0.717) is 19.6 Å². The van der Waals surface area contributed by atoms with E-state index in [1.165, 1.54) is 25.3 Å². The van der Waals surface area contributed by atoms with Gasteiger partial charge < -0.3 is 48.8 Å². The number of rotatable bonds is 9. The standard InChI is InChI=1S/C37H44N2O13/c1-16(2)21(41)14-38-24(15-40)37(46)12-19-27(33(45)29-28(31(19)43)30(42)18-7-6-8-22(47-4)26(18)32(29)44)23(13-37)51-25-11-20-34(17(3)50-25)52-35-36(48-5)49-10-9-39(20)35/h6-8,16-17,20,23,25,34-36,40,43,45-46H,9-15H2,1-5H3/t17-,20-,23-,25?,34+,35+,36-,37-/m0/s1. The van der Waals surface area contributed by atoms with Gasteiger partial charge in [-0.1, -0.05) is 26.0 Å². The van der Waals surface area contributed by atoms with Crippen molar-refractivity contribution in [3.8, 4) is 17.2 Å². The number of methoxy groups -OCH3 is 2. The number of hydrogen-bond donors (Lipinski definition) is 4. The third-order valence-electron chi connectivity index (χ3n) is 10.9. The first-order chi connectivity index (χ1) is 24.8. The Labute approximate surface area is 300 Å². The van der Waals surface area contributed by atoms with E-state index >= 15 is 0 Å². The van der Waals surface area contributed by atoms with Gasteiger partial charge in [-0.25, -0.2) is 0 Å². The van der Waals surface area contributed by atoms with Crippen LogP contribution in [-0.2, 0) is 34.9 Å². The second kappa shape index (κ2) is 13.9. The van der Waals surface area contributed by atoms with Crippen molar-refractivity contribution >= 4 is 23.1 Å². The van der Waals surface area contributed by atoms with Gasteiger partial charge in [0.15, 0.2) is 30.4 Å². The van der Waals surface area contributed by atoms with Crippen molar-refractivity contribution in [2.75, 3.05) is 40.5 Å². The Morgan fingerprint density at radius 1 is 1.10 bits per heavy atom. The van der Waals surface area contributed by atoms with Gasteiger partial charge in [-0.2, -0.15) is 0 Å². The number of aliphatic imine (C=N–C) groups is 1. The van der Waals surface area contributed by atoms with Crippen LogP contribution in [0, 0.1) is 5.92 Å². The summed E-state index contributed by atoms with van der Waals surface area (Å²) in [6.45, 7) is 5.22. The zero-order valence-electron chi connectivity index (χ0n) is 29.7. The normalized spacial score (nSPS) is 31.5. The van der Waals surface area contributed by atoms with Gasteiger partial charge in [-0.3, -0.25) is 24.3 Å². The van der Waals surface area contributed by atoms with Crippen molar-refractivity contribution in [2.24, 2.45) is 10.9 Å². The number of carbonyl (C=O) groups excluding carboxylic acids is 3. The summed E-state index contributed by atoms with van der Waals surface area (Å²) in [7, 11) is 2.90. The molecule has 3 heterocycles. The summed E-state index contributed by atoms with van der Waals surface area (Å²) in [4.78, 5) is 47.0. The summed E-state index contributed by atoms with van der Waals surface area (Å²) in [5, 5.41) is 46.6. The molecule has 4 N–H and O–H groups in total. The molecule has 1 unspecified atom stereocenters. The summed E-state index contributed by atoms with van der Waals surface area (Å²) in [5.41, 5.74) is -3.16. The second-order valence-electron chi connectivity index (χ2n) is 14.2. The molecule has 15 nitrogen and oxygen atoms in total. The van der Waals surface area contributed by atoms with Crippen LogP contribution in [0.3, 0.4) is 0 Å². The zero-order chi connectivity index (χ0) is 37.2. The molecule has 5 aliphatic rings. The van der Waals surface area contributed by atoms with Crippen LogP contribution in [0.4, 0.5) is 0 Å². The fraction of sp³-hybridized carbons (Fsp3) is 0.568. The van der Waals surface area contributed by atoms with E-state index < -0.39 is 83.8 Å². The fourth-order valence-electron chi connectivity index (χ4n) is 8.25. The number of aromatic hydroxyl groups is 2. The van der Waals surface area contributed by atoms with Crippen LogP contribution in [0.2, 0.25) is 0 Å². The Balaban J connectivity index is 1.31. The van der Waals surface area contributed by atoms with Gasteiger partial charge >= 0.3 is 0 Å². The Bertz CT molecular complexity index is 1830. The molecule has 0 radical (unpaired) electrons. The molecule has 3 aliphatic heterocycles. The van der Waals surface area contributed by atoms with Crippen LogP contribution in [0.15, 0.2) is 23.2 Å². The number of Topliss-reactive ketones (excluding diaryl/α,β-unsaturated/α-hetero) is 1. The second-order valence-corrected chi connectivity index (χ2v) is 14.2. The number of aliphatic hydroxyl groups is 2. The predicted molar refractivity (Wildman–Crippen MR) is 181 cm³/mol. The van der Waals surface area contributed by atoms with Crippen LogP contribution in [0.1, 0.15) is 82.7 Å². The lowest BCUT2D eigenvalue weighted by atomic mass is 9.71. The highest BCUT2D eigenvalue weighted by atomic mass is 16.7. The van der Waals surface area contributed by atoms with E-state index in [4.69, 9.17) is 28.4 Å². The van der Waals surface area contributed by atoms with Gasteiger partial charge in [0.1, 0.15) is 29.0 Å². The summed E-state index contributed by atoms with van der Waals surface area (Å²) in [6, 6.07) is 4.31. The zero-order valence-corrected chi connectivity index (χ0v) is 29.7. The molecule has 0 aromatic heterocycles. The summed E-state index contributed by atoms with van der Waals surface area (Å²) in [5.74, 6) is -3.13. The highest BCUT2D eigenvalue weighted by molar-refractivity contribution is 6.31. The minimum absolute atomic E-state index is 0.0132. The molecule has 8 atom stereocenters. The average Bonchev–Trinajstić information content (AvgIpc) is 3.51. The van der Waals surface area contributed by atoms with E-state index in [1.807, 2.05) is 6.92 Å². The number of hydrogen-bond acceptors (Lipinski definition) is 15. The topological polar surface area (TPSA) is 203 Å². The number of phenols is 2. The van der Waals surface area contributed by atoms with Crippen LogP contribution in [-0.4, -0.2) is 132 Å². The molecule has 2 aromatic carbocycles.